The van der Waals surface area contributed by atoms with Gasteiger partial charge in [0.2, 0.25) is 0 Å². The first-order chi connectivity index (χ1) is 9.49. The average Bonchev–Trinajstić information content (AvgIpc) is 2.39. The average molecular weight is 276 g/mol. The Morgan fingerprint density at radius 1 is 1.10 bits per heavy atom. The van der Waals surface area contributed by atoms with Crippen molar-refractivity contribution in [3.63, 3.8) is 0 Å². The standard InChI is InChI=1S/C16H28N4/c1-5-17-13-11-14(18-12-9-7-6-8-10-12)20-15(19-13)16(2,3)4/h11-12H,5-10H2,1-4H3,(H2,17,18,19,20). The van der Waals surface area contributed by atoms with Crippen LogP contribution in [0.2, 0.25) is 0 Å². The third kappa shape index (κ3) is 4.09. The Morgan fingerprint density at radius 3 is 2.35 bits per heavy atom. The maximum Gasteiger partial charge on any atom is 0.138 e. The van der Waals surface area contributed by atoms with Gasteiger partial charge in [-0.05, 0) is 19.8 Å². The summed E-state index contributed by atoms with van der Waals surface area (Å²) in [6.45, 7) is 9.43. The maximum absolute atomic E-state index is 4.72. The summed E-state index contributed by atoms with van der Waals surface area (Å²) >= 11 is 0. The van der Waals surface area contributed by atoms with Gasteiger partial charge in [-0.1, -0.05) is 40.0 Å². The second kappa shape index (κ2) is 6.42. The zero-order chi connectivity index (χ0) is 14.6. The summed E-state index contributed by atoms with van der Waals surface area (Å²) in [7, 11) is 0. The van der Waals surface area contributed by atoms with E-state index in [-0.39, 0.29) is 5.41 Å². The molecule has 2 rings (SSSR count). The summed E-state index contributed by atoms with van der Waals surface area (Å²) in [6.07, 6.45) is 6.54. The third-order valence-electron chi connectivity index (χ3n) is 3.71. The first-order valence-electron chi connectivity index (χ1n) is 7.89. The van der Waals surface area contributed by atoms with Crippen LogP contribution in [0.15, 0.2) is 6.07 Å². The molecule has 4 nitrogen and oxygen atoms in total. The molecule has 0 aromatic carbocycles. The van der Waals surface area contributed by atoms with Gasteiger partial charge in [0.15, 0.2) is 0 Å². The van der Waals surface area contributed by atoms with E-state index in [0.717, 1.165) is 24.0 Å². The lowest BCUT2D eigenvalue weighted by molar-refractivity contribution is 0.461. The minimum atomic E-state index is -0.0333. The van der Waals surface area contributed by atoms with Gasteiger partial charge in [-0.15, -0.1) is 0 Å². The molecule has 2 N–H and O–H groups in total. The lowest BCUT2D eigenvalue weighted by Gasteiger charge is -2.25. The van der Waals surface area contributed by atoms with Gasteiger partial charge < -0.3 is 10.6 Å². The Kier molecular flexibility index (Phi) is 4.84. The van der Waals surface area contributed by atoms with E-state index in [1.54, 1.807) is 0 Å². The van der Waals surface area contributed by atoms with Crippen molar-refractivity contribution in [3.05, 3.63) is 11.9 Å². The van der Waals surface area contributed by atoms with Crippen LogP contribution in [0.1, 0.15) is 65.6 Å². The minimum Gasteiger partial charge on any atom is -0.370 e. The van der Waals surface area contributed by atoms with E-state index in [9.17, 15) is 0 Å². The van der Waals surface area contributed by atoms with Crippen molar-refractivity contribution in [3.8, 4) is 0 Å². The molecule has 0 radical (unpaired) electrons. The molecule has 0 saturated heterocycles. The highest BCUT2D eigenvalue weighted by atomic mass is 15.1. The molecule has 1 aromatic rings. The molecule has 1 fully saturated rings. The highest BCUT2D eigenvalue weighted by Crippen LogP contribution is 2.25. The van der Waals surface area contributed by atoms with E-state index in [1.807, 2.05) is 6.07 Å². The highest BCUT2D eigenvalue weighted by Gasteiger charge is 2.20. The quantitative estimate of drug-likeness (QED) is 0.874. The summed E-state index contributed by atoms with van der Waals surface area (Å²) in [5, 5.41) is 6.91. The third-order valence-corrected chi connectivity index (χ3v) is 3.71. The molecule has 4 heteroatoms. The fraction of sp³-hybridized carbons (Fsp3) is 0.750. The Morgan fingerprint density at radius 2 is 1.75 bits per heavy atom. The summed E-state index contributed by atoms with van der Waals surface area (Å²) in [5.41, 5.74) is -0.0333. The molecule has 1 heterocycles. The van der Waals surface area contributed by atoms with E-state index in [0.29, 0.717) is 6.04 Å². The Hall–Kier alpha value is -1.32. The van der Waals surface area contributed by atoms with E-state index in [4.69, 9.17) is 4.98 Å². The molecule has 0 unspecified atom stereocenters. The second-order valence-electron chi connectivity index (χ2n) is 6.72. The molecule has 0 spiro atoms. The second-order valence-corrected chi connectivity index (χ2v) is 6.72. The number of rotatable bonds is 4. The molecule has 0 amide bonds. The summed E-state index contributed by atoms with van der Waals surface area (Å²) < 4.78 is 0. The fourth-order valence-corrected chi connectivity index (χ4v) is 2.58. The summed E-state index contributed by atoms with van der Waals surface area (Å²) in [6, 6.07) is 2.61. The molecule has 1 saturated carbocycles. The van der Waals surface area contributed by atoms with Crippen LogP contribution >= 0.6 is 0 Å². The van der Waals surface area contributed by atoms with Crippen LogP contribution in [0.5, 0.6) is 0 Å². The maximum atomic E-state index is 4.72. The van der Waals surface area contributed by atoms with E-state index in [2.05, 4.69) is 43.3 Å². The van der Waals surface area contributed by atoms with Gasteiger partial charge in [-0.2, -0.15) is 0 Å². The van der Waals surface area contributed by atoms with Crippen LogP contribution in [-0.2, 0) is 5.41 Å². The lowest BCUT2D eigenvalue weighted by Crippen LogP contribution is -2.25. The van der Waals surface area contributed by atoms with Crippen LogP contribution in [0.4, 0.5) is 11.6 Å². The molecule has 20 heavy (non-hydrogen) atoms. The predicted octanol–water partition coefficient (Wildman–Crippen LogP) is 3.95. The van der Waals surface area contributed by atoms with Gasteiger partial charge in [-0.3, -0.25) is 0 Å². The Balaban J connectivity index is 2.19. The van der Waals surface area contributed by atoms with Gasteiger partial charge in [0.25, 0.3) is 0 Å². The summed E-state index contributed by atoms with van der Waals surface area (Å²) in [5.74, 6) is 2.78. The first kappa shape index (κ1) is 15.1. The molecule has 0 aliphatic heterocycles. The Bertz CT molecular complexity index is 431. The smallest absolute Gasteiger partial charge is 0.138 e. The SMILES string of the molecule is CCNc1cc(NC2CCCCC2)nc(C(C)(C)C)n1. The zero-order valence-corrected chi connectivity index (χ0v) is 13.3. The predicted molar refractivity (Wildman–Crippen MR) is 85.4 cm³/mol. The fourth-order valence-electron chi connectivity index (χ4n) is 2.58. The van der Waals surface area contributed by atoms with Crippen LogP contribution in [0, 0.1) is 0 Å². The number of hydrogen-bond donors (Lipinski definition) is 2. The Labute approximate surface area is 122 Å². The van der Waals surface area contributed by atoms with Crippen molar-refractivity contribution in [2.24, 2.45) is 0 Å². The monoisotopic (exact) mass is 276 g/mol. The van der Waals surface area contributed by atoms with Crippen LogP contribution in [0.25, 0.3) is 0 Å². The van der Waals surface area contributed by atoms with Crippen LogP contribution in [-0.4, -0.2) is 22.6 Å². The largest absolute Gasteiger partial charge is 0.370 e. The van der Waals surface area contributed by atoms with E-state index >= 15 is 0 Å². The number of nitrogens with one attached hydrogen (secondary N) is 2. The van der Waals surface area contributed by atoms with Gasteiger partial charge in [0.1, 0.15) is 17.5 Å². The van der Waals surface area contributed by atoms with Crippen molar-refractivity contribution in [1.82, 2.24) is 9.97 Å². The van der Waals surface area contributed by atoms with Gasteiger partial charge in [0.05, 0.1) is 0 Å². The van der Waals surface area contributed by atoms with Crippen molar-refractivity contribution in [2.45, 2.75) is 71.3 Å². The van der Waals surface area contributed by atoms with Crippen molar-refractivity contribution < 1.29 is 0 Å². The van der Waals surface area contributed by atoms with Gasteiger partial charge >= 0.3 is 0 Å². The number of anilines is 2. The molecular formula is C16H28N4. The van der Waals surface area contributed by atoms with Crippen LogP contribution < -0.4 is 10.6 Å². The van der Waals surface area contributed by atoms with Crippen molar-refractivity contribution in [2.75, 3.05) is 17.2 Å². The van der Waals surface area contributed by atoms with E-state index in [1.165, 1.54) is 32.1 Å². The highest BCUT2D eigenvalue weighted by molar-refractivity contribution is 5.48. The molecule has 112 valence electrons. The summed E-state index contributed by atoms with van der Waals surface area (Å²) in [4.78, 5) is 9.34. The number of aromatic nitrogens is 2. The molecule has 1 aromatic heterocycles. The topological polar surface area (TPSA) is 49.8 Å². The zero-order valence-electron chi connectivity index (χ0n) is 13.3. The molecule has 0 atom stereocenters. The number of hydrogen-bond acceptors (Lipinski definition) is 4. The van der Waals surface area contributed by atoms with Crippen molar-refractivity contribution in [1.29, 1.82) is 0 Å². The lowest BCUT2D eigenvalue weighted by atomic mass is 9.95. The first-order valence-corrected chi connectivity index (χ1v) is 7.89. The molecule has 1 aliphatic carbocycles. The minimum absolute atomic E-state index is 0.0333. The number of nitrogens with zero attached hydrogens (tertiary/aromatic N) is 2. The van der Waals surface area contributed by atoms with Gasteiger partial charge in [0, 0.05) is 24.1 Å². The van der Waals surface area contributed by atoms with Crippen LogP contribution in [0.3, 0.4) is 0 Å². The molecule has 1 aliphatic rings. The molecule has 0 bridgehead atoms. The van der Waals surface area contributed by atoms with Gasteiger partial charge in [-0.25, -0.2) is 9.97 Å². The van der Waals surface area contributed by atoms with E-state index < -0.39 is 0 Å². The molecular weight excluding hydrogens is 248 g/mol. The normalized spacial score (nSPS) is 17.0. The van der Waals surface area contributed by atoms with Crippen molar-refractivity contribution >= 4 is 11.6 Å².